The van der Waals surface area contributed by atoms with Crippen LogP contribution >= 0.6 is 0 Å². The molecule has 3 heterocycles. The van der Waals surface area contributed by atoms with Gasteiger partial charge in [-0.3, -0.25) is 14.4 Å². The van der Waals surface area contributed by atoms with Gasteiger partial charge in [0.2, 0.25) is 0 Å². The molecule has 0 radical (unpaired) electrons. The van der Waals surface area contributed by atoms with Crippen molar-refractivity contribution >= 4 is 17.7 Å². The van der Waals surface area contributed by atoms with Crippen molar-refractivity contribution in [3.8, 4) is 0 Å². The van der Waals surface area contributed by atoms with Crippen LogP contribution in [-0.2, 0) is 42.8 Å². The van der Waals surface area contributed by atoms with Crippen molar-refractivity contribution in [1.29, 1.82) is 0 Å². The minimum Gasteiger partial charge on any atom is -0.459 e. The van der Waals surface area contributed by atoms with Crippen molar-refractivity contribution in [3.05, 3.63) is 0 Å². The standard InChI is InChI=1S/C39H70N2O12/c1-15-29-39(11,47)34(44)25(7)41(14)19-20(2)18-38(10,46)35(53-37-33(50-27(9)42)28(40(12)13)17-22(4)48-37)23(5)32(24(6)36(45)51-29)52-30-16-21(3)31(43)26(8)49-30/h20-26,28-30,32-35,37,44,46-47H,15-19H2,1-14H3/t20-,21-,22-,23+,24-,25+,26+,28+,29+,30+,32-,33-,34-,35-,37+,38+,39-/m1/s1. The van der Waals surface area contributed by atoms with Crippen molar-refractivity contribution < 1.29 is 58.1 Å². The van der Waals surface area contributed by atoms with Gasteiger partial charge in [-0.25, -0.2) is 0 Å². The molecule has 0 aromatic heterocycles. The molecule has 0 spiro atoms. The molecular weight excluding hydrogens is 688 g/mol. The van der Waals surface area contributed by atoms with Gasteiger partial charge in [-0.05, 0) is 87.9 Å². The van der Waals surface area contributed by atoms with Crippen LogP contribution in [0.15, 0.2) is 0 Å². The molecule has 0 saturated carbocycles. The van der Waals surface area contributed by atoms with Crippen LogP contribution in [0.3, 0.4) is 0 Å². The molecule has 0 unspecified atom stereocenters. The molecule has 14 nitrogen and oxygen atoms in total. The number of ketones is 1. The van der Waals surface area contributed by atoms with Gasteiger partial charge < -0.3 is 53.5 Å². The van der Waals surface area contributed by atoms with Crippen molar-refractivity contribution in [3.63, 3.8) is 0 Å². The quantitative estimate of drug-likeness (QED) is 0.324. The Bertz CT molecular complexity index is 1220. The molecule has 3 saturated heterocycles. The van der Waals surface area contributed by atoms with Gasteiger partial charge >= 0.3 is 11.9 Å². The van der Waals surface area contributed by atoms with E-state index in [2.05, 4.69) is 0 Å². The van der Waals surface area contributed by atoms with Crippen molar-refractivity contribution in [2.45, 2.75) is 180 Å². The van der Waals surface area contributed by atoms with Gasteiger partial charge in [-0.2, -0.15) is 0 Å². The van der Waals surface area contributed by atoms with Gasteiger partial charge in [0, 0.05) is 37.8 Å². The van der Waals surface area contributed by atoms with E-state index in [0.717, 1.165) is 0 Å². The zero-order chi connectivity index (χ0) is 40.3. The van der Waals surface area contributed by atoms with E-state index in [0.29, 0.717) is 13.0 Å². The molecule has 17 atom stereocenters. The molecule has 3 fully saturated rings. The minimum absolute atomic E-state index is 0.0492. The van der Waals surface area contributed by atoms with Crippen LogP contribution < -0.4 is 0 Å². The average molecular weight is 759 g/mol. The van der Waals surface area contributed by atoms with E-state index >= 15 is 0 Å². The number of nitrogens with zero attached hydrogens (tertiary/aromatic N) is 2. The second kappa shape index (κ2) is 18.5. The first kappa shape index (κ1) is 45.6. The molecule has 0 aromatic carbocycles. The second-order valence-corrected chi connectivity index (χ2v) is 17.1. The lowest BCUT2D eigenvalue weighted by Gasteiger charge is -2.48. The summed E-state index contributed by atoms with van der Waals surface area (Å²) in [5, 5.41) is 35.8. The number of carbonyl (C=O) groups is 3. The molecule has 0 aliphatic carbocycles. The highest BCUT2D eigenvalue weighted by atomic mass is 16.7. The Kier molecular flexibility index (Phi) is 15.9. The van der Waals surface area contributed by atoms with Crippen LogP contribution in [0.2, 0.25) is 0 Å². The monoisotopic (exact) mass is 758 g/mol. The van der Waals surface area contributed by atoms with E-state index in [-0.39, 0.29) is 49.0 Å². The molecule has 14 heteroatoms. The van der Waals surface area contributed by atoms with E-state index in [9.17, 15) is 29.7 Å². The van der Waals surface area contributed by atoms with E-state index in [1.807, 2.05) is 58.6 Å². The number of esters is 2. The Hall–Kier alpha value is -1.75. The Labute approximate surface area is 317 Å². The number of aliphatic hydroxyl groups is 3. The van der Waals surface area contributed by atoms with Crippen LogP contribution in [0.4, 0.5) is 0 Å². The first-order valence-corrected chi connectivity index (χ1v) is 19.4. The highest BCUT2D eigenvalue weighted by molar-refractivity contribution is 5.85. The SMILES string of the molecule is CC[C@@H]1OC(=O)[C@H](C)[C@H](O[C@H]2C[C@@H](C)C(=O)[C@H](C)O2)[C@H](C)[C@@H](O[C@@H]2O[C@H](C)C[C@H](N(C)C)[C@H]2OC(C)=O)[C@@](C)(O)C[C@@H](C)CN(C)[C@@H](C)[C@@H](O)[C@]1(C)O. The van der Waals surface area contributed by atoms with E-state index in [1.54, 1.807) is 34.6 Å². The predicted molar refractivity (Wildman–Crippen MR) is 196 cm³/mol. The van der Waals surface area contributed by atoms with Gasteiger partial charge in [0.05, 0.1) is 35.9 Å². The Balaban J connectivity index is 2.20. The smallest absolute Gasteiger partial charge is 0.311 e. The van der Waals surface area contributed by atoms with Crippen molar-refractivity contribution in [2.24, 2.45) is 23.7 Å². The van der Waals surface area contributed by atoms with Crippen LogP contribution in [0.1, 0.15) is 102 Å². The maximum Gasteiger partial charge on any atom is 0.311 e. The fraction of sp³-hybridized carbons (Fsp3) is 0.923. The lowest BCUT2D eigenvalue weighted by Crippen LogP contribution is -2.60. The molecule has 0 bridgehead atoms. The third-order valence-corrected chi connectivity index (χ3v) is 11.8. The average Bonchev–Trinajstić information content (AvgIpc) is 3.05. The van der Waals surface area contributed by atoms with Crippen molar-refractivity contribution in [1.82, 2.24) is 9.80 Å². The van der Waals surface area contributed by atoms with Gasteiger partial charge in [-0.1, -0.05) is 27.7 Å². The number of rotatable bonds is 7. The summed E-state index contributed by atoms with van der Waals surface area (Å²) in [6.07, 6.45) is -6.98. The number of likely N-dealkylation sites (N-methyl/N-ethyl adjacent to an activating group) is 2. The lowest BCUT2D eigenvalue weighted by atomic mass is 9.77. The van der Waals surface area contributed by atoms with Gasteiger partial charge in [-0.15, -0.1) is 0 Å². The van der Waals surface area contributed by atoms with Crippen LogP contribution in [0, 0.1) is 23.7 Å². The minimum atomic E-state index is -1.80. The molecule has 53 heavy (non-hydrogen) atoms. The highest BCUT2D eigenvalue weighted by Gasteiger charge is 2.52. The molecular formula is C39H70N2O12. The number of cyclic esters (lactones) is 1. The summed E-state index contributed by atoms with van der Waals surface area (Å²) in [6.45, 7) is 19.3. The number of carbonyl (C=O) groups excluding carboxylic acids is 3. The molecule has 0 aromatic rings. The zero-order valence-corrected chi connectivity index (χ0v) is 34.6. The number of aliphatic hydroxyl groups excluding tert-OH is 1. The summed E-state index contributed by atoms with van der Waals surface area (Å²) in [7, 11) is 5.62. The summed E-state index contributed by atoms with van der Waals surface area (Å²) in [6, 6.07) is -0.805. The third kappa shape index (κ3) is 11.0. The molecule has 308 valence electrons. The van der Waals surface area contributed by atoms with Crippen LogP contribution in [-0.4, -0.2) is 149 Å². The fourth-order valence-electron chi connectivity index (χ4n) is 8.69. The Morgan fingerprint density at radius 3 is 2.15 bits per heavy atom. The van der Waals surface area contributed by atoms with Crippen molar-refractivity contribution in [2.75, 3.05) is 27.7 Å². The number of hydrogen-bond donors (Lipinski definition) is 3. The summed E-state index contributed by atoms with van der Waals surface area (Å²) in [4.78, 5) is 43.2. The Morgan fingerprint density at radius 2 is 1.60 bits per heavy atom. The number of Topliss-reactive ketones (excluding diaryl/α,β-unsaturated/α-hetero) is 1. The fourth-order valence-corrected chi connectivity index (χ4v) is 8.69. The molecule has 3 aliphatic rings. The Morgan fingerprint density at radius 1 is 0.981 bits per heavy atom. The molecule has 0 amide bonds. The van der Waals surface area contributed by atoms with Gasteiger partial charge in [0.25, 0.3) is 0 Å². The number of hydrogen-bond acceptors (Lipinski definition) is 14. The van der Waals surface area contributed by atoms with E-state index in [4.69, 9.17) is 28.4 Å². The first-order chi connectivity index (χ1) is 24.4. The second-order valence-electron chi connectivity index (χ2n) is 17.1. The van der Waals surface area contributed by atoms with Gasteiger partial charge in [0.1, 0.15) is 23.9 Å². The first-order valence-electron chi connectivity index (χ1n) is 19.4. The summed E-state index contributed by atoms with van der Waals surface area (Å²) in [5.41, 5.74) is -3.38. The van der Waals surface area contributed by atoms with E-state index in [1.165, 1.54) is 13.8 Å². The van der Waals surface area contributed by atoms with Crippen LogP contribution in [0.25, 0.3) is 0 Å². The van der Waals surface area contributed by atoms with E-state index < -0.39 is 90.2 Å². The topological polar surface area (TPSA) is 174 Å². The summed E-state index contributed by atoms with van der Waals surface area (Å²) < 4.78 is 37.8. The summed E-state index contributed by atoms with van der Waals surface area (Å²) in [5.74, 6) is -3.52. The molecule has 3 N–H and O–H groups in total. The zero-order valence-electron chi connectivity index (χ0n) is 34.6. The normalized spacial score (nSPS) is 46.0. The maximum absolute atomic E-state index is 14.2. The van der Waals surface area contributed by atoms with Gasteiger partial charge in [0.15, 0.2) is 24.5 Å². The third-order valence-electron chi connectivity index (χ3n) is 11.8. The lowest BCUT2D eigenvalue weighted by molar-refractivity contribution is -0.308. The molecule has 3 rings (SSSR count). The maximum atomic E-state index is 14.2. The summed E-state index contributed by atoms with van der Waals surface area (Å²) >= 11 is 0. The number of ether oxygens (including phenoxy) is 6. The van der Waals surface area contributed by atoms with Crippen LogP contribution in [0.5, 0.6) is 0 Å². The largest absolute Gasteiger partial charge is 0.459 e. The molecule has 3 aliphatic heterocycles. The predicted octanol–water partition coefficient (Wildman–Crippen LogP) is 2.91. The highest BCUT2D eigenvalue weighted by Crippen LogP contribution is 2.39.